The third-order valence-corrected chi connectivity index (χ3v) is 4.85. The van der Waals surface area contributed by atoms with Crippen LogP contribution >= 0.6 is 7.80 Å². The molecular weight excluding hydrogens is 418 g/mol. The number of hydrogen-bond donors (Lipinski definition) is 1. The molecule has 166 valence electrons. The van der Waals surface area contributed by atoms with Crippen LogP contribution < -0.4 is 11.2 Å². The zero-order chi connectivity index (χ0) is 23.3. The van der Waals surface area contributed by atoms with E-state index in [1.165, 1.54) is 12.2 Å². The Morgan fingerprint density at radius 3 is 2.07 bits per heavy atom. The van der Waals surface area contributed by atoms with Crippen LogP contribution in [0, 0.1) is 16.6 Å². The Hall–Kier alpha value is -2.61. The maximum Gasteiger partial charge on any atom is 0.451 e. The predicted octanol–water partition coefficient (Wildman–Crippen LogP) is 2.52. The molecule has 1 rings (SSSR count). The Bertz CT molecular complexity index is 923. The Kier molecular flexibility index (Phi) is 8.42. The second-order valence-corrected chi connectivity index (χ2v) is 10.2. The minimum atomic E-state index is -2.35. The standard InChI is InChI=1S/C19H26FN2O7P/c1-18(2,3)14(24)28-17(29-15(25)19(4,5)6)30(27)10-8-7-9-22-11-12(20)13(23)21-16(22)26/h7-8,11,17H,9-10H2,1-6H3/p+1. The van der Waals surface area contributed by atoms with Gasteiger partial charge in [0.2, 0.25) is 5.82 Å². The monoisotopic (exact) mass is 445 g/mol. The molecule has 0 spiro atoms. The number of nitrogens with zero attached hydrogens (tertiary/aromatic N) is 1. The van der Waals surface area contributed by atoms with Gasteiger partial charge in [-0.1, -0.05) is 10.6 Å². The van der Waals surface area contributed by atoms with E-state index in [0.717, 1.165) is 10.8 Å². The molecule has 0 saturated heterocycles. The van der Waals surface area contributed by atoms with Gasteiger partial charge in [-0.05, 0) is 47.6 Å². The number of carbonyl (C=O) groups is 2. The molecule has 0 aromatic carbocycles. The molecule has 1 aromatic rings. The van der Waals surface area contributed by atoms with Crippen molar-refractivity contribution in [3.63, 3.8) is 0 Å². The van der Waals surface area contributed by atoms with Gasteiger partial charge in [0, 0.05) is 6.54 Å². The van der Waals surface area contributed by atoms with Crippen molar-refractivity contribution in [2.75, 3.05) is 6.16 Å². The molecule has 1 N–H and O–H groups in total. The normalized spacial score (nSPS) is 12.9. The first-order chi connectivity index (χ1) is 13.6. The summed E-state index contributed by atoms with van der Waals surface area (Å²) in [5.41, 5.74) is -3.71. The van der Waals surface area contributed by atoms with E-state index < -0.39 is 53.7 Å². The predicted molar refractivity (Wildman–Crippen MR) is 108 cm³/mol. The van der Waals surface area contributed by atoms with Crippen molar-refractivity contribution in [3.8, 4) is 0 Å². The van der Waals surface area contributed by atoms with Crippen LogP contribution in [0.5, 0.6) is 0 Å². The second kappa shape index (κ2) is 9.93. The first-order valence-corrected chi connectivity index (χ1v) is 10.6. The van der Waals surface area contributed by atoms with E-state index in [2.05, 4.69) is 0 Å². The lowest BCUT2D eigenvalue weighted by Crippen LogP contribution is -2.33. The van der Waals surface area contributed by atoms with Crippen LogP contribution in [0.3, 0.4) is 0 Å². The molecule has 30 heavy (non-hydrogen) atoms. The summed E-state index contributed by atoms with van der Waals surface area (Å²) in [7, 11) is -2.35. The molecule has 0 aliphatic heterocycles. The Balaban J connectivity index is 2.88. The molecule has 1 heterocycles. The number of rotatable bonds is 7. The molecule has 1 aromatic heterocycles. The minimum Gasteiger partial charge on any atom is -0.384 e. The fraction of sp³-hybridized carbons (Fsp3) is 0.579. The number of aromatic nitrogens is 2. The fourth-order valence-electron chi connectivity index (χ4n) is 1.75. The lowest BCUT2D eigenvalue weighted by atomic mass is 9.97. The van der Waals surface area contributed by atoms with E-state index in [1.807, 2.05) is 4.98 Å². The molecule has 0 saturated carbocycles. The third kappa shape index (κ3) is 7.67. The number of carbonyl (C=O) groups excluding carboxylic acids is 2. The average molecular weight is 445 g/mol. The number of nitrogens with one attached hydrogen (secondary N) is 1. The van der Waals surface area contributed by atoms with Crippen molar-refractivity contribution >= 4 is 19.7 Å². The molecule has 11 heteroatoms. The summed E-state index contributed by atoms with van der Waals surface area (Å²) in [6.45, 7) is 9.53. The van der Waals surface area contributed by atoms with Crippen molar-refractivity contribution in [3.05, 3.63) is 45.0 Å². The van der Waals surface area contributed by atoms with E-state index >= 15 is 0 Å². The number of H-pyrrole nitrogens is 1. The molecule has 0 radical (unpaired) electrons. The number of halogens is 1. The summed E-state index contributed by atoms with van der Waals surface area (Å²) < 4.78 is 37.1. The first-order valence-electron chi connectivity index (χ1n) is 9.13. The van der Waals surface area contributed by atoms with Crippen LogP contribution in [0.2, 0.25) is 0 Å². The van der Waals surface area contributed by atoms with Gasteiger partial charge < -0.3 is 9.47 Å². The van der Waals surface area contributed by atoms with Crippen molar-refractivity contribution in [2.24, 2.45) is 10.8 Å². The Morgan fingerprint density at radius 2 is 1.60 bits per heavy atom. The van der Waals surface area contributed by atoms with E-state index in [4.69, 9.17) is 9.47 Å². The molecule has 1 unspecified atom stereocenters. The lowest BCUT2D eigenvalue weighted by molar-refractivity contribution is -0.184. The third-order valence-electron chi connectivity index (χ3n) is 3.60. The molecule has 0 amide bonds. The molecule has 9 nitrogen and oxygen atoms in total. The number of aromatic amines is 1. The van der Waals surface area contributed by atoms with Crippen LogP contribution in [0.1, 0.15) is 41.5 Å². The number of esters is 2. The smallest absolute Gasteiger partial charge is 0.384 e. The van der Waals surface area contributed by atoms with Gasteiger partial charge in [0.25, 0.3) is 5.56 Å². The van der Waals surface area contributed by atoms with Gasteiger partial charge in [0.15, 0.2) is 6.16 Å². The summed E-state index contributed by atoms with van der Waals surface area (Å²) in [5.74, 6) is -2.48. The molecule has 0 fully saturated rings. The molecule has 1 atom stereocenters. The van der Waals surface area contributed by atoms with Gasteiger partial charge >= 0.3 is 31.5 Å². The largest absolute Gasteiger partial charge is 0.451 e. The van der Waals surface area contributed by atoms with Gasteiger partial charge in [0.1, 0.15) is 0 Å². The van der Waals surface area contributed by atoms with Crippen molar-refractivity contribution in [1.82, 2.24) is 9.55 Å². The molecular formula is C19H27FN2O7P+. The quantitative estimate of drug-likeness (QED) is 0.296. The van der Waals surface area contributed by atoms with Gasteiger partial charge in [-0.15, -0.1) is 0 Å². The average Bonchev–Trinajstić information content (AvgIpc) is 2.60. The Morgan fingerprint density at radius 1 is 1.10 bits per heavy atom. The van der Waals surface area contributed by atoms with Gasteiger partial charge in [0.05, 0.1) is 17.0 Å². The summed E-state index contributed by atoms with van der Waals surface area (Å²) in [4.78, 5) is 48.7. The second-order valence-electron chi connectivity index (χ2n) is 8.58. The lowest BCUT2D eigenvalue weighted by Gasteiger charge is -2.21. The van der Waals surface area contributed by atoms with Crippen molar-refractivity contribution in [1.29, 1.82) is 0 Å². The van der Waals surface area contributed by atoms with Crippen LogP contribution in [0.4, 0.5) is 4.39 Å². The van der Waals surface area contributed by atoms with Gasteiger partial charge in [-0.2, -0.15) is 4.39 Å². The maximum absolute atomic E-state index is 13.3. The SMILES string of the molecule is CC(C)(C)C(=O)OC(OC(=O)C(C)(C)C)[P+](=O)CC=CCn1cc(F)c(=O)[nH]c1=O. The highest BCUT2D eigenvalue weighted by molar-refractivity contribution is 7.45. The fourth-order valence-corrected chi connectivity index (χ4v) is 2.70. The van der Waals surface area contributed by atoms with Gasteiger partial charge in [-0.25, -0.2) is 4.79 Å². The summed E-state index contributed by atoms with van der Waals surface area (Å²) in [6, 6.07) is -1.57. The first kappa shape index (κ1) is 25.4. The highest BCUT2D eigenvalue weighted by Gasteiger charge is 2.41. The van der Waals surface area contributed by atoms with Crippen LogP contribution in [-0.4, -0.2) is 33.7 Å². The van der Waals surface area contributed by atoms with Crippen LogP contribution in [-0.2, 0) is 30.2 Å². The summed E-state index contributed by atoms with van der Waals surface area (Å²) in [5, 5.41) is 0. The molecule has 0 aliphatic rings. The molecule has 0 bridgehead atoms. The van der Waals surface area contributed by atoms with Crippen molar-refractivity contribution in [2.45, 2.75) is 54.1 Å². The van der Waals surface area contributed by atoms with Crippen molar-refractivity contribution < 1.29 is 28.0 Å². The zero-order valence-electron chi connectivity index (χ0n) is 17.9. The highest BCUT2D eigenvalue weighted by atomic mass is 31.1. The number of allylic oxidation sites excluding steroid dienone is 2. The van der Waals surface area contributed by atoms with E-state index in [0.29, 0.717) is 0 Å². The summed E-state index contributed by atoms with van der Waals surface area (Å²) in [6.07, 6.45) is 3.46. The van der Waals surface area contributed by atoms with Crippen LogP contribution in [0.15, 0.2) is 27.9 Å². The minimum absolute atomic E-state index is 0.0933. The van der Waals surface area contributed by atoms with Crippen LogP contribution in [0.25, 0.3) is 0 Å². The number of ether oxygens (including phenoxy) is 2. The van der Waals surface area contributed by atoms with E-state index in [1.54, 1.807) is 41.5 Å². The Labute approximate surface area is 174 Å². The number of hydrogen-bond acceptors (Lipinski definition) is 7. The zero-order valence-corrected chi connectivity index (χ0v) is 18.7. The topological polar surface area (TPSA) is 125 Å². The summed E-state index contributed by atoms with van der Waals surface area (Å²) >= 11 is 0. The van der Waals surface area contributed by atoms with E-state index in [9.17, 15) is 28.1 Å². The maximum atomic E-state index is 13.3. The highest BCUT2D eigenvalue weighted by Crippen LogP contribution is 2.34. The van der Waals surface area contributed by atoms with E-state index in [-0.39, 0.29) is 12.7 Å². The molecule has 0 aliphatic carbocycles. The van der Waals surface area contributed by atoms with Gasteiger partial charge in [-0.3, -0.25) is 23.9 Å².